The second kappa shape index (κ2) is 9.28. The third-order valence-corrected chi connectivity index (χ3v) is 4.69. The van der Waals surface area contributed by atoms with Gasteiger partial charge >= 0.3 is 0 Å². The highest BCUT2D eigenvalue weighted by Crippen LogP contribution is 2.24. The summed E-state index contributed by atoms with van der Waals surface area (Å²) >= 11 is 0. The van der Waals surface area contributed by atoms with Crippen LogP contribution in [0.2, 0.25) is 0 Å². The van der Waals surface area contributed by atoms with Gasteiger partial charge in [0.05, 0.1) is 12.3 Å². The second-order valence-corrected chi connectivity index (χ2v) is 6.39. The lowest BCUT2D eigenvalue weighted by Crippen LogP contribution is -2.43. The van der Waals surface area contributed by atoms with E-state index in [1.54, 1.807) is 6.26 Å². The molecule has 0 saturated carbocycles. The van der Waals surface area contributed by atoms with Gasteiger partial charge in [0.1, 0.15) is 5.76 Å². The molecule has 5 heteroatoms. The smallest absolute Gasteiger partial charge is 0.191 e. The van der Waals surface area contributed by atoms with Crippen LogP contribution in [0.25, 0.3) is 0 Å². The van der Waals surface area contributed by atoms with Gasteiger partial charge in [0.15, 0.2) is 5.96 Å². The molecule has 1 aromatic heterocycles. The maximum atomic E-state index is 5.67. The van der Waals surface area contributed by atoms with Crippen molar-refractivity contribution in [3.63, 3.8) is 0 Å². The summed E-state index contributed by atoms with van der Waals surface area (Å²) in [6.07, 6.45) is 5.27. The SMILES string of the molecule is CN=C(NCCc1ccccc1)NCC(c1ccco1)N1CCCC1. The zero-order valence-corrected chi connectivity index (χ0v) is 14.9. The predicted molar refractivity (Wildman–Crippen MR) is 102 cm³/mol. The van der Waals surface area contributed by atoms with Crippen LogP contribution in [0.15, 0.2) is 58.1 Å². The Morgan fingerprint density at radius 1 is 1.12 bits per heavy atom. The molecule has 3 rings (SSSR count). The summed E-state index contributed by atoms with van der Waals surface area (Å²) in [4.78, 5) is 6.83. The first kappa shape index (κ1) is 17.5. The van der Waals surface area contributed by atoms with E-state index >= 15 is 0 Å². The molecule has 2 N–H and O–H groups in total. The Hall–Kier alpha value is -2.27. The molecule has 1 aliphatic rings. The van der Waals surface area contributed by atoms with Crippen LogP contribution in [0.5, 0.6) is 0 Å². The van der Waals surface area contributed by atoms with Crippen molar-refractivity contribution in [1.82, 2.24) is 15.5 Å². The van der Waals surface area contributed by atoms with E-state index < -0.39 is 0 Å². The van der Waals surface area contributed by atoms with Crippen LogP contribution in [0, 0.1) is 0 Å². The van der Waals surface area contributed by atoms with Gasteiger partial charge in [0, 0.05) is 20.1 Å². The average Bonchev–Trinajstić information content (AvgIpc) is 3.36. The van der Waals surface area contributed by atoms with Crippen molar-refractivity contribution < 1.29 is 4.42 Å². The van der Waals surface area contributed by atoms with Crippen molar-refractivity contribution in [3.05, 3.63) is 60.1 Å². The van der Waals surface area contributed by atoms with Crippen LogP contribution in [0.3, 0.4) is 0 Å². The van der Waals surface area contributed by atoms with E-state index in [0.29, 0.717) is 0 Å². The van der Waals surface area contributed by atoms with E-state index in [0.717, 1.165) is 44.3 Å². The van der Waals surface area contributed by atoms with Crippen LogP contribution < -0.4 is 10.6 Å². The number of furan rings is 1. The molecule has 0 aliphatic carbocycles. The first-order valence-electron chi connectivity index (χ1n) is 9.12. The van der Waals surface area contributed by atoms with E-state index in [1.165, 1.54) is 18.4 Å². The lowest BCUT2D eigenvalue weighted by Gasteiger charge is -2.26. The van der Waals surface area contributed by atoms with Crippen molar-refractivity contribution >= 4 is 5.96 Å². The molecule has 0 radical (unpaired) electrons. The van der Waals surface area contributed by atoms with E-state index in [9.17, 15) is 0 Å². The lowest BCUT2D eigenvalue weighted by molar-refractivity contribution is 0.215. The summed E-state index contributed by atoms with van der Waals surface area (Å²) < 4.78 is 5.67. The minimum absolute atomic E-state index is 0.255. The van der Waals surface area contributed by atoms with Crippen LogP contribution in [-0.4, -0.2) is 44.1 Å². The average molecular weight is 340 g/mol. The normalized spacial score (nSPS) is 16.8. The third-order valence-electron chi connectivity index (χ3n) is 4.69. The molecule has 0 amide bonds. The molecule has 1 atom stereocenters. The molecule has 134 valence electrons. The highest BCUT2D eigenvalue weighted by atomic mass is 16.3. The topological polar surface area (TPSA) is 52.8 Å². The van der Waals surface area contributed by atoms with Crippen molar-refractivity contribution in [2.24, 2.45) is 4.99 Å². The van der Waals surface area contributed by atoms with Gasteiger partial charge in [-0.15, -0.1) is 0 Å². The zero-order chi connectivity index (χ0) is 17.3. The van der Waals surface area contributed by atoms with E-state index in [1.807, 2.05) is 19.2 Å². The number of hydrogen-bond donors (Lipinski definition) is 2. The Morgan fingerprint density at radius 2 is 1.92 bits per heavy atom. The summed E-state index contributed by atoms with van der Waals surface area (Å²) in [5.41, 5.74) is 1.33. The van der Waals surface area contributed by atoms with Gasteiger partial charge in [0.2, 0.25) is 0 Å². The minimum Gasteiger partial charge on any atom is -0.468 e. The number of likely N-dealkylation sites (tertiary alicyclic amines) is 1. The maximum absolute atomic E-state index is 5.67. The van der Waals surface area contributed by atoms with Crippen molar-refractivity contribution in [1.29, 1.82) is 0 Å². The fourth-order valence-electron chi connectivity index (χ4n) is 3.33. The summed E-state index contributed by atoms with van der Waals surface area (Å²) in [6.45, 7) is 3.91. The molecule has 25 heavy (non-hydrogen) atoms. The molecule has 5 nitrogen and oxygen atoms in total. The molecule has 1 aliphatic heterocycles. The fourth-order valence-corrected chi connectivity index (χ4v) is 3.33. The number of rotatable bonds is 7. The molecule has 1 saturated heterocycles. The fraction of sp³-hybridized carbons (Fsp3) is 0.450. The van der Waals surface area contributed by atoms with Gasteiger partial charge in [-0.3, -0.25) is 9.89 Å². The van der Waals surface area contributed by atoms with Gasteiger partial charge in [-0.05, 0) is 50.0 Å². The standard InChI is InChI=1S/C20H28N4O/c1-21-20(22-12-11-17-8-3-2-4-9-17)23-16-18(19-10-7-15-25-19)24-13-5-6-14-24/h2-4,7-10,15,18H,5-6,11-14,16H2,1H3,(H2,21,22,23). The van der Waals surface area contributed by atoms with Gasteiger partial charge in [-0.25, -0.2) is 0 Å². The number of nitrogens with zero attached hydrogens (tertiary/aromatic N) is 2. The van der Waals surface area contributed by atoms with Crippen molar-refractivity contribution in [3.8, 4) is 0 Å². The minimum atomic E-state index is 0.255. The van der Waals surface area contributed by atoms with Gasteiger partial charge in [0.25, 0.3) is 0 Å². The molecule has 1 aromatic carbocycles. The molecular weight excluding hydrogens is 312 g/mol. The van der Waals surface area contributed by atoms with Gasteiger partial charge in [-0.2, -0.15) is 0 Å². The molecule has 2 aromatic rings. The molecular formula is C20H28N4O. The molecule has 0 spiro atoms. The van der Waals surface area contributed by atoms with Crippen LogP contribution in [0.1, 0.15) is 30.2 Å². The first-order valence-corrected chi connectivity index (χ1v) is 9.12. The largest absolute Gasteiger partial charge is 0.468 e. The number of nitrogens with one attached hydrogen (secondary N) is 2. The van der Waals surface area contributed by atoms with Crippen LogP contribution >= 0.6 is 0 Å². The Morgan fingerprint density at radius 3 is 2.60 bits per heavy atom. The Labute approximate surface area is 150 Å². The second-order valence-electron chi connectivity index (χ2n) is 6.39. The van der Waals surface area contributed by atoms with E-state index in [4.69, 9.17) is 4.42 Å². The maximum Gasteiger partial charge on any atom is 0.191 e. The Kier molecular flexibility index (Phi) is 6.51. The molecule has 1 unspecified atom stereocenters. The summed E-state index contributed by atoms with van der Waals surface area (Å²) in [5.74, 6) is 1.86. The molecule has 1 fully saturated rings. The van der Waals surface area contributed by atoms with E-state index in [-0.39, 0.29) is 6.04 Å². The number of aliphatic imine (C=N–C) groups is 1. The monoisotopic (exact) mass is 340 g/mol. The van der Waals surface area contributed by atoms with Crippen molar-refractivity contribution in [2.75, 3.05) is 33.2 Å². The van der Waals surface area contributed by atoms with E-state index in [2.05, 4.69) is 50.9 Å². The first-order chi connectivity index (χ1) is 12.4. The Bertz CT molecular complexity index is 633. The predicted octanol–water partition coefficient (Wildman–Crippen LogP) is 2.82. The summed E-state index contributed by atoms with van der Waals surface area (Å²) in [5, 5.41) is 6.86. The third kappa shape index (κ3) is 5.10. The van der Waals surface area contributed by atoms with Crippen molar-refractivity contribution in [2.45, 2.75) is 25.3 Å². The summed E-state index contributed by atoms with van der Waals surface area (Å²) in [7, 11) is 1.82. The summed E-state index contributed by atoms with van der Waals surface area (Å²) in [6, 6.07) is 14.8. The number of benzene rings is 1. The highest BCUT2D eigenvalue weighted by molar-refractivity contribution is 5.79. The van der Waals surface area contributed by atoms with Gasteiger partial charge < -0.3 is 15.1 Å². The number of guanidine groups is 1. The van der Waals surface area contributed by atoms with Crippen LogP contribution in [-0.2, 0) is 6.42 Å². The van der Waals surface area contributed by atoms with Crippen LogP contribution in [0.4, 0.5) is 0 Å². The Balaban J connectivity index is 1.50. The number of hydrogen-bond acceptors (Lipinski definition) is 3. The highest BCUT2D eigenvalue weighted by Gasteiger charge is 2.25. The molecule has 0 bridgehead atoms. The quantitative estimate of drug-likeness (QED) is 0.601. The van der Waals surface area contributed by atoms with Gasteiger partial charge in [-0.1, -0.05) is 30.3 Å². The lowest BCUT2D eigenvalue weighted by atomic mass is 10.1. The molecule has 2 heterocycles. The zero-order valence-electron chi connectivity index (χ0n) is 14.9.